The molecule has 0 aromatic heterocycles. The van der Waals surface area contributed by atoms with Gasteiger partial charge in [0.15, 0.2) is 0 Å². The van der Waals surface area contributed by atoms with Crippen molar-refractivity contribution in [3.63, 3.8) is 0 Å². The van der Waals surface area contributed by atoms with Crippen molar-refractivity contribution in [2.75, 3.05) is 0 Å². The highest BCUT2D eigenvalue weighted by Gasteiger charge is 2.22. The number of hydrogen-bond donors (Lipinski definition) is 1. The molecule has 3 nitrogen and oxygen atoms in total. The van der Waals surface area contributed by atoms with Crippen molar-refractivity contribution in [2.24, 2.45) is 5.73 Å². The third-order valence-electron chi connectivity index (χ3n) is 2.06. The summed E-state index contributed by atoms with van der Waals surface area (Å²) in [5.74, 6) is -0.236. The monoisotopic (exact) mass is 199 g/mol. The van der Waals surface area contributed by atoms with Crippen LogP contribution in [0.3, 0.4) is 0 Å². The van der Waals surface area contributed by atoms with Crippen LogP contribution in [0.1, 0.15) is 21.5 Å². The number of nitrogens with two attached hydrogens (primary N) is 1. The molecule has 0 amide bonds. The van der Waals surface area contributed by atoms with Crippen LogP contribution in [-0.2, 0) is 17.9 Å². The topological polar surface area (TPSA) is 52.3 Å². The predicted molar refractivity (Wildman–Crippen MR) is 50.7 cm³/mol. The summed E-state index contributed by atoms with van der Waals surface area (Å²) in [6.45, 7) is 0.835. The summed E-state index contributed by atoms with van der Waals surface area (Å²) in [6.07, 6.45) is 0. The second kappa shape index (κ2) is 3.77. The number of ether oxygens (including phenoxy) is 1. The zero-order chi connectivity index (χ0) is 8.55. The van der Waals surface area contributed by atoms with Crippen molar-refractivity contribution in [3.05, 3.63) is 34.9 Å². The predicted octanol–water partition coefficient (Wildman–Crippen LogP) is 1.24. The molecule has 0 spiro atoms. The molecule has 0 unspecified atom stereocenters. The molecule has 4 heteroatoms. The summed E-state index contributed by atoms with van der Waals surface area (Å²) in [4.78, 5) is 11.1. The molecule has 0 saturated heterocycles. The number of carbonyl (C=O) groups is 1. The Kier molecular flexibility index (Phi) is 2.90. The number of carbonyl (C=O) groups excluding carboxylic acids is 1. The fourth-order valence-corrected chi connectivity index (χ4v) is 1.40. The van der Waals surface area contributed by atoms with Gasteiger partial charge in [0.2, 0.25) is 0 Å². The maximum absolute atomic E-state index is 11.1. The lowest BCUT2D eigenvalue weighted by Gasteiger charge is -2.00. The van der Waals surface area contributed by atoms with Crippen molar-refractivity contribution in [1.82, 2.24) is 0 Å². The Morgan fingerprint density at radius 3 is 2.92 bits per heavy atom. The van der Waals surface area contributed by atoms with Crippen LogP contribution in [-0.4, -0.2) is 5.97 Å². The zero-order valence-electron chi connectivity index (χ0n) is 6.95. The summed E-state index contributed by atoms with van der Waals surface area (Å²) in [5.41, 5.74) is 8.11. The largest absolute Gasteiger partial charge is 0.457 e. The lowest BCUT2D eigenvalue weighted by molar-refractivity contribution is 0.0535. The Labute approximate surface area is 82.3 Å². The molecule has 1 aliphatic rings. The number of benzene rings is 1. The third-order valence-corrected chi connectivity index (χ3v) is 2.06. The van der Waals surface area contributed by atoms with Gasteiger partial charge in [0.1, 0.15) is 6.61 Å². The molecule has 1 aliphatic heterocycles. The van der Waals surface area contributed by atoms with Crippen molar-refractivity contribution in [2.45, 2.75) is 13.2 Å². The molecule has 0 fully saturated rings. The first kappa shape index (κ1) is 10.0. The number of hydrogen-bond acceptors (Lipinski definition) is 3. The van der Waals surface area contributed by atoms with E-state index < -0.39 is 0 Å². The number of fused-ring (bicyclic) bond motifs is 1. The van der Waals surface area contributed by atoms with Gasteiger partial charge in [0.05, 0.1) is 5.56 Å². The van der Waals surface area contributed by atoms with Gasteiger partial charge in [-0.15, -0.1) is 12.4 Å². The molecule has 70 valence electrons. The number of esters is 1. The first-order valence-corrected chi connectivity index (χ1v) is 3.81. The SMILES string of the molecule is Cl.NCc1cccc2c1COC2=O. The minimum atomic E-state index is -0.236. The normalized spacial score (nSPS) is 13.2. The van der Waals surface area contributed by atoms with E-state index in [0.717, 1.165) is 11.1 Å². The maximum atomic E-state index is 11.1. The molecule has 2 rings (SSSR count). The number of halogens is 1. The smallest absolute Gasteiger partial charge is 0.338 e. The molecule has 1 aromatic carbocycles. The molecule has 0 atom stereocenters. The van der Waals surface area contributed by atoms with Gasteiger partial charge in [0, 0.05) is 12.1 Å². The Morgan fingerprint density at radius 1 is 1.46 bits per heavy atom. The number of cyclic esters (lactones) is 1. The molecule has 0 aliphatic carbocycles. The van der Waals surface area contributed by atoms with E-state index in [1.54, 1.807) is 6.07 Å². The average Bonchev–Trinajstić information content (AvgIpc) is 2.48. The molecular formula is C9H10ClNO2. The van der Waals surface area contributed by atoms with E-state index in [1.165, 1.54) is 0 Å². The van der Waals surface area contributed by atoms with Crippen LogP contribution >= 0.6 is 12.4 Å². The minimum Gasteiger partial charge on any atom is -0.457 e. The van der Waals surface area contributed by atoms with Gasteiger partial charge < -0.3 is 10.5 Å². The Bertz CT molecular complexity index is 338. The van der Waals surface area contributed by atoms with E-state index in [-0.39, 0.29) is 18.4 Å². The van der Waals surface area contributed by atoms with E-state index in [4.69, 9.17) is 10.5 Å². The lowest BCUT2D eigenvalue weighted by atomic mass is 10.0. The van der Waals surface area contributed by atoms with Crippen LogP contribution in [0.5, 0.6) is 0 Å². The first-order valence-electron chi connectivity index (χ1n) is 3.81. The van der Waals surface area contributed by atoms with Crippen LogP contribution in [0.2, 0.25) is 0 Å². The third kappa shape index (κ3) is 1.53. The van der Waals surface area contributed by atoms with Crippen LogP contribution in [0, 0.1) is 0 Å². The van der Waals surface area contributed by atoms with Gasteiger partial charge in [-0.1, -0.05) is 12.1 Å². The van der Waals surface area contributed by atoms with Crippen LogP contribution in [0.25, 0.3) is 0 Å². The van der Waals surface area contributed by atoms with E-state index >= 15 is 0 Å². The Hall–Kier alpha value is -1.06. The second-order valence-corrected chi connectivity index (χ2v) is 2.72. The van der Waals surface area contributed by atoms with Crippen molar-refractivity contribution < 1.29 is 9.53 Å². The van der Waals surface area contributed by atoms with E-state index in [0.29, 0.717) is 18.7 Å². The summed E-state index contributed by atoms with van der Waals surface area (Å²) in [6, 6.07) is 5.51. The first-order chi connectivity index (χ1) is 5.83. The van der Waals surface area contributed by atoms with Crippen molar-refractivity contribution in [1.29, 1.82) is 0 Å². The van der Waals surface area contributed by atoms with Crippen LogP contribution in [0.15, 0.2) is 18.2 Å². The number of rotatable bonds is 1. The Morgan fingerprint density at radius 2 is 2.23 bits per heavy atom. The Balaban J connectivity index is 0.000000845. The molecular weight excluding hydrogens is 190 g/mol. The molecule has 2 N–H and O–H groups in total. The van der Waals surface area contributed by atoms with Crippen molar-refractivity contribution in [3.8, 4) is 0 Å². The van der Waals surface area contributed by atoms with Gasteiger partial charge in [-0.05, 0) is 11.6 Å². The van der Waals surface area contributed by atoms with Crippen molar-refractivity contribution >= 4 is 18.4 Å². The molecule has 0 radical (unpaired) electrons. The van der Waals surface area contributed by atoms with Gasteiger partial charge >= 0.3 is 5.97 Å². The quantitative estimate of drug-likeness (QED) is 0.693. The molecule has 1 heterocycles. The lowest BCUT2D eigenvalue weighted by Crippen LogP contribution is -2.01. The molecule has 13 heavy (non-hydrogen) atoms. The van der Waals surface area contributed by atoms with Gasteiger partial charge in [0.25, 0.3) is 0 Å². The van der Waals surface area contributed by atoms with E-state index in [9.17, 15) is 4.79 Å². The molecule has 0 saturated carbocycles. The van der Waals surface area contributed by atoms with E-state index in [2.05, 4.69) is 0 Å². The molecule has 0 bridgehead atoms. The molecule has 1 aromatic rings. The summed E-state index contributed by atoms with van der Waals surface area (Å²) in [5, 5.41) is 0. The highest BCUT2D eigenvalue weighted by Crippen LogP contribution is 2.22. The van der Waals surface area contributed by atoms with E-state index in [1.807, 2.05) is 12.1 Å². The minimum absolute atomic E-state index is 0. The highest BCUT2D eigenvalue weighted by molar-refractivity contribution is 5.93. The fourth-order valence-electron chi connectivity index (χ4n) is 1.40. The summed E-state index contributed by atoms with van der Waals surface area (Å²) in [7, 11) is 0. The average molecular weight is 200 g/mol. The van der Waals surface area contributed by atoms with Gasteiger partial charge in [-0.25, -0.2) is 4.79 Å². The van der Waals surface area contributed by atoms with Gasteiger partial charge in [-0.2, -0.15) is 0 Å². The highest BCUT2D eigenvalue weighted by atomic mass is 35.5. The zero-order valence-corrected chi connectivity index (χ0v) is 7.76. The van der Waals surface area contributed by atoms with Crippen LogP contribution < -0.4 is 5.73 Å². The maximum Gasteiger partial charge on any atom is 0.338 e. The standard InChI is InChI=1S/C9H9NO2.ClH/c10-4-6-2-1-3-7-8(6)5-12-9(7)11;/h1-3H,4-5,10H2;1H. The second-order valence-electron chi connectivity index (χ2n) is 2.72. The fraction of sp³-hybridized carbons (Fsp3) is 0.222. The summed E-state index contributed by atoms with van der Waals surface area (Å²) >= 11 is 0. The summed E-state index contributed by atoms with van der Waals surface area (Å²) < 4.78 is 4.87. The van der Waals surface area contributed by atoms with Crippen LogP contribution in [0.4, 0.5) is 0 Å². The van der Waals surface area contributed by atoms with Gasteiger partial charge in [-0.3, -0.25) is 0 Å².